The molecule has 0 saturated carbocycles. The number of hydrogen-bond donors (Lipinski definition) is 2. The number of benzene rings is 1. The molecule has 2 N–H and O–H groups in total. The number of nitrogens with zero attached hydrogens (tertiary/aromatic N) is 1. The van der Waals surface area contributed by atoms with Gasteiger partial charge in [0.05, 0.1) is 15.7 Å². The lowest BCUT2D eigenvalue weighted by Gasteiger charge is -2.12. The standard InChI is InChI=1S/C13H11Cl2N3O4/c14-7-2-1-3-8(15)12(7)16-11(20)6-22-13(21)9-4-5-10(19)18-17-9/h1-3H,4-6H2,(H,16,20)(H,18,19). The number of ether oxygens (including phenoxy) is 1. The summed E-state index contributed by atoms with van der Waals surface area (Å²) >= 11 is 11.8. The fourth-order valence-electron chi connectivity index (χ4n) is 1.63. The fourth-order valence-corrected chi connectivity index (χ4v) is 2.12. The zero-order valence-electron chi connectivity index (χ0n) is 11.2. The van der Waals surface area contributed by atoms with E-state index in [-0.39, 0.29) is 40.2 Å². The summed E-state index contributed by atoms with van der Waals surface area (Å²) in [6.45, 7) is -0.520. The number of carbonyl (C=O) groups excluding carboxylic acids is 3. The molecule has 116 valence electrons. The predicted molar refractivity (Wildman–Crippen MR) is 80.9 cm³/mol. The summed E-state index contributed by atoms with van der Waals surface area (Å²) in [7, 11) is 0. The highest BCUT2D eigenvalue weighted by Gasteiger charge is 2.20. The number of hydrazone groups is 1. The van der Waals surface area contributed by atoms with Crippen LogP contribution in [-0.2, 0) is 19.1 Å². The van der Waals surface area contributed by atoms with Crippen LogP contribution in [0.15, 0.2) is 23.3 Å². The minimum atomic E-state index is -0.764. The second-order valence-electron chi connectivity index (χ2n) is 4.31. The second kappa shape index (κ2) is 7.24. The number of hydrogen-bond acceptors (Lipinski definition) is 5. The van der Waals surface area contributed by atoms with Crippen LogP contribution in [0, 0.1) is 0 Å². The van der Waals surface area contributed by atoms with Crippen LogP contribution in [-0.4, -0.2) is 30.1 Å². The summed E-state index contributed by atoms with van der Waals surface area (Å²) in [6.07, 6.45) is 0.317. The minimum Gasteiger partial charge on any atom is -0.451 e. The van der Waals surface area contributed by atoms with Gasteiger partial charge < -0.3 is 10.1 Å². The highest BCUT2D eigenvalue weighted by Crippen LogP contribution is 2.29. The zero-order valence-corrected chi connectivity index (χ0v) is 12.7. The van der Waals surface area contributed by atoms with Crippen molar-refractivity contribution in [3.8, 4) is 0 Å². The lowest BCUT2D eigenvalue weighted by molar-refractivity contribution is -0.140. The van der Waals surface area contributed by atoms with E-state index in [9.17, 15) is 14.4 Å². The van der Waals surface area contributed by atoms with E-state index in [2.05, 4.69) is 15.8 Å². The molecular formula is C13H11Cl2N3O4. The Kier molecular flexibility index (Phi) is 5.35. The zero-order chi connectivity index (χ0) is 16.1. The molecule has 1 heterocycles. The molecule has 0 radical (unpaired) electrons. The molecule has 0 fully saturated rings. The average molecular weight is 344 g/mol. The van der Waals surface area contributed by atoms with Crippen LogP contribution in [0.25, 0.3) is 0 Å². The van der Waals surface area contributed by atoms with E-state index in [1.165, 1.54) is 0 Å². The highest BCUT2D eigenvalue weighted by molar-refractivity contribution is 6.40. The van der Waals surface area contributed by atoms with Crippen molar-refractivity contribution in [1.29, 1.82) is 0 Å². The van der Waals surface area contributed by atoms with E-state index in [0.717, 1.165) is 0 Å². The van der Waals surface area contributed by atoms with Crippen LogP contribution >= 0.6 is 23.2 Å². The number of para-hydroxylation sites is 1. The monoisotopic (exact) mass is 343 g/mol. The summed E-state index contributed by atoms with van der Waals surface area (Å²) in [6, 6.07) is 4.76. The predicted octanol–water partition coefficient (Wildman–Crippen LogP) is 1.74. The Bertz CT molecular complexity index is 640. The van der Waals surface area contributed by atoms with E-state index in [4.69, 9.17) is 27.9 Å². The van der Waals surface area contributed by atoms with Crippen LogP contribution < -0.4 is 10.7 Å². The molecule has 0 aromatic heterocycles. The Balaban J connectivity index is 1.88. The van der Waals surface area contributed by atoms with E-state index in [1.807, 2.05) is 0 Å². The molecule has 2 rings (SSSR count). The van der Waals surface area contributed by atoms with Crippen molar-refractivity contribution in [1.82, 2.24) is 5.43 Å². The van der Waals surface area contributed by atoms with Crippen molar-refractivity contribution < 1.29 is 19.1 Å². The number of rotatable bonds is 4. The minimum absolute atomic E-state index is 0.0585. The number of amides is 2. The van der Waals surface area contributed by atoms with Crippen LogP contribution in [0.1, 0.15) is 12.8 Å². The van der Waals surface area contributed by atoms with Crippen molar-refractivity contribution in [2.75, 3.05) is 11.9 Å². The number of anilines is 1. The molecule has 22 heavy (non-hydrogen) atoms. The highest BCUT2D eigenvalue weighted by atomic mass is 35.5. The Morgan fingerprint density at radius 3 is 2.55 bits per heavy atom. The van der Waals surface area contributed by atoms with E-state index >= 15 is 0 Å². The van der Waals surface area contributed by atoms with Gasteiger partial charge in [-0.1, -0.05) is 29.3 Å². The van der Waals surface area contributed by atoms with Crippen LogP contribution in [0.4, 0.5) is 5.69 Å². The molecule has 0 unspecified atom stereocenters. The third-order valence-electron chi connectivity index (χ3n) is 2.70. The molecule has 7 nitrogen and oxygen atoms in total. The van der Waals surface area contributed by atoms with Gasteiger partial charge >= 0.3 is 5.97 Å². The Morgan fingerprint density at radius 1 is 1.27 bits per heavy atom. The van der Waals surface area contributed by atoms with Crippen LogP contribution in [0.2, 0.25) is 10.0 Å². The molecule has 1 aromatic carbocycles. The van der Waals surface area contributed by atoms with Gasteiger partial charge in [0, 0.05) is 12.8 Å². The summed E-state index contributed by atoms with van der Waals surface area (Å²) in [5.41, 5.74) is 2.47. The third kappa shape index (κ3) is 4.19. The number of esters is 1. The maximum absolute atomic E-state index is 11.7. The summed E-state index contributed by atoms with van der Waals surface area (Å²) in [5, 5.41) is 6.56. The molecule has 0 aliphatic carbocycles. The first-order valence-corrected chi connectivity index (χ1v) is 6.99. The van der Waals surface area contributed by atoms with Gasteiger partial charge in [-0.15, -0.1) is 0 Å². The molecule has 1 aromatic rings. The first-order valence-electron chi connectivity index (χ1n) is 6.24. The molecule has 1 aliphatic rings. The molecule has 1 aliphatic heterocycles. The van der Waals surface area contributed by atoms with Crippen molar-refractivity contribution in [3.05, 3.63) is 28.2 Å². The molecule has 9 heteroatoms. The molecule has 0 atom stereocenters. The number of carbonyl (C=O) groups is 3. The van der Waals surface area contributed by atoms with Gasteiger partial charge in [0.1, 0.15) is 5.71 Å². The molecule has 0 bridgehead atoms. The number of nitrogens with one attached hydrogen (secondary N) is 2. The maximum Gasteiger partial charge on any atom is 0.355 e. The van der Waals surface area contributed by atoms with Crippen molar-refractivity contribution in [2.24, 2.45) is 5.10 Å². The normalized spacial score (nSPS) is 13.9. The van der Waals surface area contributed by atoms with E-state index in [1.54, 1.807) is 18.2 Å². The molecular weight excluding hydrogens is 333 g/mol. The SMILES string of the molecule is O=C1CCC(C(=O)OCC(=O)Nc2c(Cl)cccc2Cl)=NN1. The van der Waals surface area contributed by atoms with E-state index in [0.29, 0.717) is 0 Å². The van der Waals surface area contributed by atoms with Gasteiger partial charge in [0.15, 0.2) is 6.61 Å². The van der Waals surface area contributed by atoms with Gasteiger partial charge in [-0.05, 0) is 12.1 Å². The van der Waals surface area contributed by atoms with Gasteiger partial charge in [-0.2, -0.15) is 5.10 Å². The molecule has 0 spiro atoms. The third-order valence-corrected chi connectivity index (χ3v) is 3.33. The first kappa shape index (κ1) is 16.3. The topological polar surface area (TPSA) is 96.9 Å². The Hall–Kier alpha value is -2.12. The van der Waals surface area contributed by atoms with Crippen molar-refractivity contribution in [2.45, 2.75) is 12.8 Å². The van der Waals surface area contributed by atoms with E-state index < -0.39 is 18.5 Å². The van der Waals surface area contributed by atoms with Gasteiger partial charge in [-0.3, -0.25) is 9.59 Å². The average Bonchev–Trinajstić information content (AvgIpc) is 2.49. The lowest BCUT2D eigenvalue weighted by atomic mass is 10.2. The Morgan fingerprint density at radius 2 is 1.95 bits per heavy atom. The first-order chi connectivity index (χ1) is 10.5. The summed E-state index contributed by atoms with van der Waals surface area (Å²) in [5.74, 6) is -1.63. The van der Waals surface area contributed by atoms with Gasteiger partial charge in [0.25, 0.3) is 5.91 Å². The smallest absolute Gasteiger partial charge is 0.355 e. The summed E-state index contributed by atoms with van der Waals surface area (Å²) < 4.78 is 4.81. The van der Waals surface area contributed by atoms with Crippen LogP contribution in [0.3, 0.4) is 0 Å². The van der Waals surface area contributed by atoms with Gasteiger partial charge in [-0.25, -0.2) is 10.2 Å². The van der Waals surface area contributed by atoms with Crippen molar-refractivity contribution in [3.63, 3.8) is 0 Å². The maximum atomic E-state index is 11.7. The Labute approximate surface area is 135 Å². The number of halogens is 2. The van der Waals surface area contributed by atoms with Gasteiger partial charge in [0.2, 0.25) is 5.91 Å². The van der Waals surface area contributed by atoms with Crippen LogP contribution in [0.5, 0.6) is 0 Å². The molecule has 0 saturated heterocycles. The fraction of sp³-hybridized carbons (Fsp3) is 0.231. The summed E-state index contributed by atoms with van der Waals surface area (Å²) in [4.78, 5) is 34.3. The largest absolute Gasteiger partial charge is 0.451 e. The second-order valence-corrected chi connectivity index (χ2v) is 5.13. The molecule has 2 amide bonds. The van der Waals surface area contributed by atoms with Crippen molar-refractivity contribution >= 4 is 52.4 Å². The quantitative estimate of drug-likeness (QED) is 0.813. The lowest BCUT2D eigenvalue weighted by Crippen LogP contribution is -2.32.